The summed E-state index contributed by atoms with van der Waals surface area (Å²) in [6.45, 7) is 1.44. The summed E-state index contributed by atoms with van der Waals surface area (Å²) in [6.07, 6.45) is 0. The number of rotatable bonds is 2. The van der Waals surface area contributed by atoms with Gasteiger partial charge in [0.05, 0.1) is 0 Å². The van der Waals surface area contributed by atoms with E-state index in [1.165, 1.54) is 0 Å². The fourth-order valence-corrected chi connectivity index (χ4v) is 0.194. The predicted octanol–water partition coefficient (Wildman–Crippen LogP) is -0.199. The molecule has 0 rings (SSSR count). The molecule has 3 N–H and O–H groups in total. The van der Waals surface area contributed by atoms with Crippen LogP contribution in [0.5, 0.6) is 0 Å². The van der Waals surface area contributed by atoms with Crippen LogP contribution in [-0.2, 0) is 0 Å². The highest BCUT2D eigenvalue weighted by molar-refractivity contribution is 7.78. The van der Waals surface area contributed by atoms with Crippen LogP contribution in [0.1, 0.15) is 0 Å². The van der Waals surface area contributed by atoms with Gasteiger partial charge in [0.15, 0.2) is 0 Å². The largest absolute Gasteiger partial charge is 0.329 e. The molecule has 0 saturated carbocycles. The fourth-order valence-electron chi connectivity index (χ4n) is 0.0645. The first-order valence-electron chi connectivity index (χ1n) is 1.49. The van der Waals surface area contributed by atoms with E-state index in [9.17, 15) is 0 Å². The van der Waals surface area contributed by atoms with Crippen LogP contribution >= 0.6 is 25.2 Å². The van der Waals surface area contributed by atoms with Crippen molar-refractivity contribution in [3.05, 3.63) is 0 Å². The molecule has 0 radical (unpaired) electrons. The Morgan fingerprint density at radius 2 is 2.17 bits per heavy atom. The van der Waals surface area contributed by atoms with Crippen molar-refractivity contribution in [3.8, 4) is 0 Å². The third kappa shape index (κ3) is 8.82. The summed E-state index contributed by atoms with van der Waals surface area (Å²) < 4.78 is 2.59. The molecule has 0 fully saturated rings. The third-order valence-corrected chi connectivity index (χ3v) is 0.480. The van der Waals surface area contributed by atoms with Gasteiger partial charge in [-0.25, -0.2) is 0 Å². The van der Waals surface area contributed by atoms with Gasteiger partial charge < -0.3 is 5.73 Å². The highest BCUT2D eigenvalue weighted by Gasteiger charge is 1.65. The average Bonchev–Trinajstić information content (AvgIpc) is 1.41. The summed E-state index contributed by atoms with van der Waals surface area (Å²) in [5.41, 5.74) is 5.03. The topological polar surface area (TPSA) is 38.0 Å². The monoisotopic (exact) mass is 128 g/mol. The van der Waals surface area contributed by atoms with Gasteiger partial charge in [-0.15, -0.1) is 12.4 Å². The summed E-state index contributed by atoms with van der Waals surface area (Å²) in [6, 6.07) is 0. The summed E-state index contributed by atoms with van der Waals surface area (Å²) >= 11 is 3.67. The highest BCUT2D eigenvalue weighted by atomic mass is 35.5. The van der Waals surface area contributed by atoms with Gasteiger partial charge in [0.1, 0.15) is 0 Å². The zero-order valence-corrected chi connectivity index (χ0v) is 5.06. The van der Waals surface area contributed by atoms with Crippen molar-refractivity contribution in [3.63, 3.8) is 0 Å². The van der Waals surface area contributed by atoms with E-state index in [-0.39, 0.29) is 12.4 Å². The van der Waals surface area contributed by atoms with E-state index in [4.69, 9.17) is 5.73 Å². The molecule has 4 heteroatoms. The van der Waals surface area contributed by atoms with Crippen molar-refractivity contribution < 1.29 is 0 Å². The quantitative estimate of drug-likeness (QED) is 0.451. The number of thiol groups is 1. The van der Waals surface area contributed by atoms with E-state index in [0.717, 1.165) is 6.54 Å². The minimum Gasteiger partial charge on any atom is -0.329 e. The molecule has 0 amide bonds. The molecule has 0 atom stereocenters. The number of nitrogens with one attached hydrogen (secondary N) is 1. The standard InChI is InChI=1S/C2H8N2S.ClH/c3-1-2-4-5;/h4-5H,1-3H2;1H. The van der Waals surface area contributed by atoms with E-state index < -0.39 is 0 Å². The maximum atomic E-state index is 5.03. The van der Waals surface area contributed by atoms with Crippen LogP contribution in [0.4, 0.5) is 0 Å². The predicted molar refractivity (Wildman–Crippen MR) is 33.3 cm³/mol. The second kappa shape index (κ2) is 9.12. The van der Waals surface area contributed by atoms with Crippen LogP contribution in [0.25, 0.3) is 0 Å². The van der Waals surface area contributed by atoms with Crippen molar-refractivity contribution in [1.82, 2.24) is 4.72 Å². The Balaban J connectivity index is 0. The molecule has 0 saturated heterocycles. The number of nitrogens with two attached hydrogens (primary N) is 1. The first-order chi connectivity index (χ1) is 2.41. The second-order valence-electron chi connectivity index (χ2n) is 0.697. The first kappa shape index (κ1) is 9.75. The maximum absolute atomic E-state index is 5.03. The van der Waals surface area contributed by atoms with Crippen LogP contribution in [0.3, 0.4) is 0 Å². The molecule has 0 aromatic rings. The molecule has 2 nitrogen and oxygen atoms in total. The summed E-state index contributed by atoms with van der Waals surface area (Å²) in [7, 11) is 0. The molecular weight excluding hydrogens is 120 g/mol. The first-order valence-corrected chi connectivity index (χ1v) is 1.93. The van der Waals surface area contributed by atoms with Gasteiger partial charge in [0.25, 0.3) is 0 Å². The van der Waals surface area contributed by atoms with E-state index in [1.807, 2.05) is 0 Å². The van der Waals surface area contributed by atoms with Crippen molar-refractivity contribution in [1.29, 1.82) is 0 Å². The molecule has 0 heterocycles. The van der Waals surface area contributed by atoms with E-state index in [2.05, 4.69) is 17.5 Å². The maximum Gasteiger partial charge on any atom is 0.0179 e. The summed E-state index contributed by atoms with van der Waals surface area (Å²) in [5.74, 6) is 0. The normalized spacial score (nSPS) is 7.00. The highest BCUT2D eigenvalue weighted by Crippen LogP contribution is 1.51. The van der Waals surface area contributed by atoms with Gasteiger partial charge in [-0.05, 0) is 0 Å². The summed E-state index contributed by atoms with van der Waals surface area (Å²) in [5, 5.41) is 0. The van der Waals surface area contributed by atoms with Gasteiger partial charge in [-0.2, -0.15) is 0 Å². The van der Waals surface area contributed by atoms with Crippen LogP contribution in [0, 0.1) is 0 Å². The molecule has 0 aliphatic carbocycles. The van der Waals surface area contributed by atoms with Gasteiger partial charge in [-0.3, -0.25) is 4.72 Å². The number of halogens is 1. The third-order valence-electron chi connectivity index (χ3n) is 0.256. The Morgan fingerprint density at radius 3 is 2.17 bits per heavy atom. The lowest BCUT2D eigenvalue weighted by molar-refractivity contribution is 0.923. The molecule has 40 valence electrons. The lowest BCUT2D eigenvalue weighted by Gasteiger charge is -1.84. The molecule has 0 unspecified atom stereocenters. The zero-order valence-electron chi connectivity index (χ0n) is 3.35. The Bertz CT molecular complexity index is 19.0. The molecule has 0 aromatic heterocycles. The Kier molecular flexibility index (Phi) is 14.8. The summed E-state index contributed by atoms with van der Waals surface area (Å²) in [4.78, 5) is 0. The molecule has 0 bridgehead atoms. The van der Waals surface area contributed by atoms with Crippen molar-refractivity contribution in [2.45, 2.75) is 0 Å². The smallest absolute Gasteiger partial charge is 0.0179 e. The van der Waals surface area contributed by atoms with Crippen LogP contribution in [0.15, 0.2) is 0 Å². The molecule has 0 spiro atoms. The van der Waals surface area contributed by atoms with E-state index >= 15 is 0 Å². The van der Waals surface area contributed by atoms with Crippen LogP contribution < -0.4 is 10.5 Å². The number of hydrogen-bond acceptors (Lipinski definition) is 3. The lowest BCUT2D eigenvalue weighted by atomic mass is 10.7. The van der Waals surface area contributed by atoms with E-state index in [0.29, 0.717) is 6.54 Å². The van der Waals surface area contributed by atoms with Crippen molar-refractivity contribution in [2.75, 3.05) is 13.1 Å². The van der Waals surface area contributed by atoms with Crippen molar-refractivity contribution in [2.24, 2.45) is 5.73 Å². The van der Waals surface area contributed by atoms with Crippen LogP contribution in [0.2, 0.25) is 0 Å². The van der Waals surface area contributed by atoms with Gasteiger partial charge in [-0.1, -0.05) is 12.8 Å². The molecule has 0 aromatic carbocycles. The fraction of sp³-hybridized carbons (Fsp3) is 1.00. The average molecular weight is 129 g/mol. The molecule has 0 aliphatic rings. The van der Waals surface area contributed by atoms with Gasteiger partial charge in [0.2, 0.25) is 0 Å². The Morgan fingerprint density at radius 1 is 1.67 bits per heavy atom. The van der Waals surface area contributed by atoms with E-state index in [1.54, 1.807) is 0 Å². The SMILES string of the molecule is Cl.NCCNS. The van der Waals surface area contributed by atoms with Crippen LogP contribution in [-0.4, -0.2) is 13.1 Å². The minimum absolute atomic E-state index is 0. The Labute approximate surface area is 49.4 Å². The number of hydrogen-bond donors (Lipinski definition) is 3. The molecule has 6 heavy (non-hydrogen) atoms. The van der Waals surface area contributed by atoms with Gasteiger partial charge in [0, 0.05) is 13.1 Å². The lowest BCUT2D eigenvalue weighted by Crippen LogP contribution is -2.13. The van der Waals surface area contributed by atoms with Crippen molar-refractivity contribution >= 4 is 25.2 Å². The minimum atomic E-state index is 0. The van der Waals surface area contributed by atoms with Gasteiger partial charge >= 0.3 is 0 Å². The second-order valence-corrected chi connectivity index (χ2v) is 1.01. The molecular formula is C2H9ClN2S. The molecule has 0 aliphatic heterocycles. The Hall–Kier alpha value is 0.560. The zero-order chi connectivity index (χ0) is 4.12.